The highest BCUT2D eigenvalue weighted by molar-refractivity contribution is 5.79. The molecular weight excluding hydrogens is 336 g/mol. The van der Waals surface area contributed by atoms with Gasteiger partial charge in [-0.1, -0.05) is 54.6 Å². The molecule has 5 nitrogen and oxygen atoms in total. The SMILES string of the molecule is Cn1ccnc1C1CNCCN1C(=O)Cc1ccc(-c2ccccc2)cc1. The number of nitrogens with one attached hydrogen (secondary N) is 1. The van der Waals surface area contributed by atoms with Crippen LogP contribution in [0.4, 0.5) is 0 Å². The number of nitrogens with zero attached hydrogens (tertiary/aromatic N) is 3. The molecule has 2 heterocycles. The van der Waals surface area contributed by atoms with Gasteiger partial charge in [-0.15, -0.1) is 0 Å². The van der Waals surface area contributed by atoms with E-state index in [1.807, 2.05) is 40.9 Å². The van der Waals surface area contributed by atoms with Crippen LogP contribution in [0.3, 0.4) is 0 Å². The molecule has 1 amide bonds. The number of aromatic nitrogens is 2. The molecule has 138 valence electrons. The Balaban J connectivity index is 1.48. The fourth-order valence-corrected chi connectivity index (χ4v) is 3.65. The van der Waals surface area contributed by atoms with Gasteiger partial charge in [-0.2, -0.15) is 0 Å². The molecule has 2 aromatic carbocycles. The first-order chi connectivity index (χ1) is 13.2. The second kappa shape index (κ2) is 7.76. The van der Waals surface area contributed by atoms with Gasteiger partial charge in [0.15, 0.2) is 0 Å². The molecule has 4 rings (SSSR count). The van der Waals surface area contributed by atoms with Crippen molar-refractivity contribution in [1.82, 2.24) is 19.8 Å². The maximum absolute atomic E-state index is 13.0. The normalized spacial score (nSPS) is 17.1. The second-order valence-corrected chi connectivity index (χ2v) is 6.94. The summed E-state index contributed by atoms with van der Waals surface area (Å²) < 4.78 is 1.99. The van der Waals surface area contributed by atoms with Crippen LogP contribution in [-0.4, -0.2) is 40.0 Å². The summed E-state index contributed by atoms with van der Waals surface area (Å²) in [6.45, 7) is 2.27. The zero-order valence-corrected chi connectivity index (χ0v) is 15.5. The van der Waals surface area contributed by atoms with E-state index in [1.54, 1.807) is 6.20 Å². The fraction of sp³-hybridized carbons (Fsp3) is 0.273. The van der Waals surface area contributed by atoms with Crippen molar-refractivity contribution in [2.45, 2.75) is 12.5 Å². The van der Waals surface area contributed by atoms with Crippen LogP contribution in [0, 0.1) is 0 Å². The summed E-state index contributed by atoms with van der Waals surface area (Å²) in [5, 5.41) is 3.38. The number of piperazine rings is 1. The van der Waals surface area contributed by atoms with Gasteiger partial charge in [-0.3, -0.25) is 4.79 Å². The van der Waals surface area contributed by atoms with Gasteiger partial charge in [0.1, 0.15) is 11.9 Å². The van der Waals surface area contributed by atoms with Crippen LogP contribution in [-0.2, 0) is 18.3 Å². The van der Waals surface area contributed by atoms with E-state index in [2.05, 4.69) is 46.7 Å². The Morgan fingerprint density at radius 3 is 2.56 bits per heavy atom. The van der Waals surface area contributed by atoms with E-state index in [1.165, 1.54) is 11.1 Å². The number of carbonyl (C=O) groups is 1. The molecule has 0 spiro atoms. The number of imidazole rings is 1. The van der Waals surface area contributed by atoms with Gasteiger partial charge in [0.2, 0.25) is 5.91 Å². The molecule has 0 radical (unpaired) electrons. The second-order valence-electron chi connectivity index (χ2n) is 6.94. The zero-order valence-electron chi connectivity index (χ0n) is 15.5. The summed E-state index contributed by atoms with van der Waals surface area (Å²) in [6, 6.07) is 18.5. The van der Waals surface area contributed by atoms with Crippen molar-refractivity contribution in [2.24, 2.45) is 7.05 Å². The predicted octanol–water partition coefficient (Wildman–Crippen LogP) is 2.80. The number of carbonyl (C=O) groups excluding carboxylic acids is 1. The van der Waals surface area contributed by atoms with Crippen LogP contribution in [0.1, 0.15) is 17.4 Å². The summed E-state index contributed by atoms with van der Waals surface area (Å²) in [5.41, 5.74) is 3.39. The number of hydrogen-bond acceptors (Lipinski definition) is 3. The molecule has 1 saturated heterocycles. The Kier molecular flexibility index (Phi) is 5.03. The van der Waals surface area contributed by atoms with Crippen LogP contribution in [0.5, 0.6) is 0 Å². The van der Waals surface area contributed by atoms with Crippen molar-refractivity contribution in [3.8, 4) is 11.1 Å². The van der Waals surface area contributed by atoms with Gasteiger partial charge in [0.25, 0.3) is 0 Å². The van der Waals surface area contributed by atoms with E-state index < -0.39 is 0 Å². The van der Waals surface area contributed by atoms with Crippen LogP contribution >= 0.6 is 0 Å². The van der Waals surface area contributed by atoms with Crippen molar-refractivity contribution in [1.29, 1.82) is 0 Å². The smallest absolute Gasteiger partial charge is 0.227 e. The summed E-state index contributed by atoms with van der Waals surface area (Å²) in [5.74, 6) is 1.08. The number of hydrogen-bond donors (Lipinski definition) is 1. The number of amides is 1. The van der Waals surface area contributed by atoms with Crippen molar-refractivity contribution in [2.75, 3.05) is 19.6 Å². The van der Waals surface area contributed by atoms with E-state index in [4.69, 9.17) is 0 Å². The Morgan fingerprint density at radius 1 is 1.11 bits per heavy atom. The Morgan fingerprint density at radius 2 is 1.85 bits per heavy atom. The van der Waals surface area contributed by atoms with E-state index in [9.17, 15) is 4.79 Å². The molecular formula is C22H24N4O. The standard InChI is InChI=1S/C22H24N4O/c1-25-13-12-24-22(25)20-16-23-11-14-26(20)21(27)15-17-7-9-19(10-8-17)18-5-3-2-4-6-18/h2-10,12-13,20,23H,11,14-16H2,1H3. The Labute approximate surface area is 159 Å². The molecule has 1 fully saturated rings. The minimum Gasteiger partial charge on any atom is -0.336 e. The number of rotatable bonds is 4. The number of benzene rings is 2. The summed E-state index contributed by atoms with van der Waals surface area (Å²) in [4.78, 5) is 19.4. The fourth-order valence-electron chi connectivity index (χ4n) is 3.65. The van der Waals surface area contributed by atoms with Crippen molar-refractivity contribution >= 4 is 5.91 Å². The Bertz CT molecular complexity index is 902. The van der Waals surface area contributed by atoms with Crippen LogP contribution in [0.15, 0.2) is 67.0 Å². The summed E-state index contributed by atoms with van der Waals surface area (Å²) >= 11 is 0. The maximum Gasteiger partial charge on any atom is 0.227 e. The minimum atomic E-state index is -0.0187. The van der Waals surface area contributed by atoms with E-state index in [-0.39, 0.29) is 11.9 Å². The van der Waals surface area contributed by atoms with E-state index >= 15 is 0 Å². The maximum atomic E-state index is 13.0. The molecule has 1 unspecified atom stereocenters. The van der Waals surface area contributed by atoms with Crippen LogP contribution in [0.2, 0.25) is 0 Å². The molecule has 1 atom stereocenters. The topological polar surface area (TPSA) is 50.2 Å². The van der Waals surface area contributed by atoms with Gasteiger partial charge in [-0.05, 0) is 16.7 Å². The van der Waals surface area contributed by atoms with Gasteiger partial charge >= 0.3 is 0 Å². The molecule has 1 aliphatic rings. The minimum absolute atomic E-state index is 0.0187. The third-order valence-electron chi connectivity index (χ3n) is 5.14. The largest absolute Gasteiger partial charge is 0.336 e. The molecule has 0 bridgehead atoms. The summed E-state index contributed by atoms with van der Waals surface area (Å²) in [7, 11) is 1.97. The van der Waals surface area contributed by atoms with Gasteiger partial charge in [0.05, 0.1) is 6.42 Å². The molecule has 1 aromatic heterocycles. The monoisotopic (exact) mass is 360 g/mol. The lowest BCUT2D eigenvalue weighted by Gasteiger charge is -2.35. The summed E-state index contributed by atoms with van der Waals surface area (Å²) in [6.07, 6.45) is 4.12. The van der Waals surface area contributed by atoms with Gasteiger partial charge in [0, 0.05) is 39.1 Å². The van der Waals surface area contributed by atoms with Crippen LogP contribution < -0.4 is 5.32 Å². The van der Waals surface area contributed by atoms with Gasteiger partial charge < -0.3 is 14.8 Å². The lowest BCUT2D eigenvalue weighted by Crippen LogP contribution is -2.49. The average molecular weight is 360 g/mol. The third-order valence-corrected chi connectivity index (χ3v) is 5.14. The molecule has 0 saturated carbocycles. The highest BCUT2D eigenvalue weighted by Gasteiger charge is 2.30. The molecule has 27 heavy (non-hydrogen) atoms. The highest BCUT2D eigenvalue weighted by atomic mass is 16.2. The lowest BCUT2D eigenvalue weighted by molar-refractivity contribution is -0.134. The third kappa shape index (κ3) is 3.78. The van der Waals surface area contributed by atoms with Crippen molar-refractivity contribution < 1.29 is 4.79 Å². The number of aryl methyl sites for hydroxylation is 1. The van der Waals surface area contributed by atoms with Gasteiger partial charge in [-0.25, -0.2) is 4.98 Å². The first-order valence-electron chi connectivity index (χ1n) is 9.34. The van der Waals surface area contributed by atoms with E-state index in [0.717, 1.165) is 24.5 Å². The highest BCUT2D eigenvalue weighted by Crippen LogP contribution is 2.23. The van der Waals surface area contributed by atoms with Crippen molar-refractivity contribution in [3.05, 3.63) is 78.4 Å². The lowest BCUT2D eigenvalue weighted by atomic mass is 10.0. The van der Waals surface area contributed by atoms with Crippen LogP contribution in [0.25, 0.3) is 11.1 Å². The zero-order chi connectivity index (χ0) is 18.6. The molecule has 5 heteroatoms. The quantitative estimate of drug-likeness (QED) is 0.778. The first-order valence-corrected chi connectivity index (χ1v) is 9.34. The molecule has 1 aliphatic heterocycles. The molecule has 3 aromatic rings. The average Bonchev–Trinajstić information content (AvgIpc) is 3.15. The van der Waals surface area contributed by atoms with Crippen molar-refractivity contribution in [3.63, 3.8) is 0 Å². The molecule has 0 aliphatic carbocycles. The molecule has 1 N–H and O–H groups in total. The van der Waals surface area contributed by atoms with E-state index in [0.29, 0.717) is 13.0 Å². The first kappa shape index (κ1) is 17.5. The Hall–Kier alpha value is -2.92. The predicted molar refractivity (Wildman–Crippen MR) is 106 cm³/mol.